The normalized spacial score (nSPS) is 19.8. The third-order valence-electron chi connectivity index (χ3n) is 2.79. The van der Waals surface area contributed by atoms with E-state index in [0.29, 0.717) is 12.5 Å². The largest absolute Gasteiger partial charge is 0.384 e. The fraction of sp³-hybridized carbons (Fsp3) is 0.417. The van der Waals surface area contributed by atoms with Gasteiger partial charge in [-0.15, -0.1) is 0 Å². The molecule has 1 heterocycles. The molecule has 1 unspecified atom stereocenters. The van der Waals surface area contributed by atoms with Crippen LogP contribution < -0.4 is 4.90 Å². The Kier molecular flexibility index (Phi) is 3.02. The van der Waals surface area contributed by atoms with Crippen LogP contribution in [-0.2, 0) is 16.0 Å². The van der Waals surface area contributed by atoms with E-state index >= 15 is 0 Å². The summed E-state index contributed by atoms with van der Waals surface area (Å²) in [7, 11) is 1.70. The molecule has 0 fully saturated rings. The van der Waals surface area contributed by atoms with Crippen molar-refractivity contribution >= 4 is 12.1 Å². The molecule has 0 radical (unpaired) electrons. The molecule has 0 N–H and O–H groups in total. The molecule has 1 aliphatic rings. The fourth-order valence-corrected chi connectivity index (χ4v) is 2.16. The van der Waals surface area contributed by atoms with Crippen molar-refractivity contribution in [3.8, 4) is 0 Å². The van der Waals surface area contributed by atoms with Crippen molar-refractivity contribution in [1.82, 2.24) is 0 Å². The number of ether oxygens (including phenoxy) is 1. The fourth-order valence-electron chi connectivity index (χ4n) is 2.16. The summed E-state index contributed by atoms with van der Waals surface area (Å²) in [6.45, 7) is 1.47. The van der Waals surface area contributed by atoms with Crippen LogP contribution in [0.1, 0.15) is 5.56 Å². The van der Waals surface area contributed by atoms with E-state index in [1.807, 2.05) is 18.2 Å². The smallest absolute Gasteiger partial charge is 0.214 e. The maximum atomic E-state index is 11.0. The first-order chi connectivity index (χ1) is 7.35. The number of anilines is 1. The zero-order valence-corrected chi connectivity index (χ0v) is 8.85. The summed E-state index contributed by atoms with van der Waals surface area (Å²) in [5.41, 5.74) is 2.28. The van der Waals surface area contributed by atoms with Crippen LogP contribution in [-0.4, -0.2) is 26.7 Å². The van der Waals surface area contributed by atoms with Gasteiger partial charge in [-0.2, -0.15) is 0 Å². The van der Waals surface area contributed by atoms with Gasteiger partial charge in [0.15, 0.2) is 0 Å². The number of carbonyl (C=O) groups excluding carboxylic acids is 1. The van der Waals surface area contributed by atoms with Gasteiger partial charge in [0.1, 0.15) is 0 Å². The van der Waals surface area contributed by atoms with Crippen molar-refractivity contribution in [2.45, 2.75) is 6.42 Å². The summed E-state index contributed by atoms with van der Waals surface area (Å²) in [6, 6.07) is 8.05. The number of carbonyl (C=O) groups is 1. The highest BCUT2D eigenvalue weighted by molar-refractivity contribution is 5.78. The molecule has 1 atom stereocenters. The summed E-state index contributed by atoms with van der Waals surface area (Å²) in [5, 5.41) is 0. The Labute approximate surface area is 89.7 Å². The molecule has 0 aromatic heterocycles. The molecule has 0 saturated carbocycles. The van der Waals surface area contributed by atoms with Crippen LogP contribution in [0.25, 0.3) is 0 Å². The predicted molar refractivity (Wildman–Crippen MR) is 58.9 cm³/mol. The van der Waals surface area contributed by atoms with Crippen LogP contribution in [0.4, 0.5) is 5.69 Å². The number of para-hydroxylation sites is 1. The number of amides is 1. The SMILES string of the molecule is COCC1Cc2ccccc2N(C=O)C1. The Morgan fingerprint density at radius 1 is 1.53 bits per heavy atom. The van der Waals surface area contributed by atoms with E-state index in [9.17, 15) is 4.79 Å². The second-order valence-electron chi connectivity index (χ2n) is 3.91. The van der Waals surface area contributed by atoms with Gasteiger partial charge >= 0.3 is 0 Å². The van der Waals surface area contributed by atoms with Gasteiger partial charge in [-0.1, -0.05) is 18.2 Å². The maximum absolute atomic E-state index is 11.0. The lowest BCUT2D eigenvalue weighted by Gasteiger charge is -2.31. The van der Waals surface area contributed by atoms with Crippen molar-refractivity contribution in [2.24, 2.45) is 5.92 Å². The molecule has 0 saturated heterocycles. The highest BCUT2D eigenvalue weighted by Gasteiger charge is 2.23. The molecule has 15 heavy (non-hydrogen) atoms. The summed E-state index contributed by atoms with van der Waals surface area (Å²) in [5.74, 6) is 0.412. The maximum Gasteiger partial charge on any atom is 0.214 e. The third-order valence-corrected chi connectivity index (χ3v) is 2.79. The van der Waals surface area contributed by atoms with Gasteiger partial charge in [0.2, 0.25) is 6.41 Å². The summed E-state index contributed by atoms with van der Waals surface area (Å²) in [4.78, 5) is 12.7. The standard InChI is InChI=1S/C12H15NO2/c1-15-8-10-6-11-4-2-3-5-12(11)13(7-10)9-14/h2-5,9-10H,6-8H2,1H3. The molecule has 1 amide bonds. The molecule has 2 rings (SSSR count). The van der Waals surface area contributed by atoms with Crippen molar-refractivity contribution in [3.63, 3.8) is 0 Å². The lowest BCUT2D eigenvalue weighted by molar-refractivity contribution is -0.107. The van der Waals surface area contributed by atoms with Gasteiger partial charge < -0.3 is 9.64 Å². The molecular formula is C12H15NO2. The molecular weight excluding hydrogens is 190 g/mol. The van der Waals surface area contributed by atoms with E-state index in [1.54, 1.807) is 12.0 Å². The Bertz CT molecular complexity index is 351. The highest BCUT2D eigenvalue weighted by atomic mass is 16.5. The van der Waals surface area contributed by atoms with Crippen LogP contribution in [0.15, 0.2) is 24.3 Å². The molecule has 1 aliphatic heterocycles. The van der Waals surface area contributed by atoms with Crippen molar-refractivity contribution in [3.05, 3.63) is 29.8 Å². The zero-order valence-electron chi connectivity index (χ0n) is 8.85. The number of methoxy groups -OCH3 is 1. The third kappa shape index (κ3) is 2.02. The monoisotopic (exact) mass is 205 g/mol. The van der Waals surface area contributed by atoms with E-state index in [0.717, 1.165) is 25.1 Å². The Morgan fingerprint density at radius 3 is 3.07 bits per heavy atom. The average molecular weight is 205 g/mol. The Hall–Kier alpha value is -1.35. The van der Waals surface area contributed by atoms with Gasteiger partial charge in [0.25, 0.3) is 0 Å². The molecule has 0 spiro atoms. The van der Waals surface area contributed by atoms with Gasteiger partial charge in [-0.25, -0.2) is 0 Å². The molecule has 1 aromatic rings. The highest BCUT2D eigenvalue weighted by Crippen LogP contribution is 2.28. The first-order valence-electron chi connectivity index (χ1n) is 5.14. The quantitative estimate of drug-likeness (QED) is 0.699. The molecule has 3 heteroatoms. The first kappa shape index (κ1) is 10.2. The number of benzene rings is 1. The van der Waals surface area contributed by atoms with Crippen molar-refractivity contribution in [2.75, 3.05) is 25.2 Å². The van der Waals surface area contributed by atoms with Gasteiger partial charge in [-0.05, 0) is 18.1 Å². The number of hydrogen-bond donors (Lipinski definition) is 0. The molecule has 1 aromatic carbocycles. The number of nitrogens with zero attached hydrogens (tertiary/aromatic N) is 1. The Balaban J connectivity index is 2.25. The second kappa shape index (κ2) is 4.45. The number of rotatable bonds is 3. The topological polar surface area (TPSA) is 29.5 Å². The molecule has 0 aliphatic carbocycles. The van der Waals surface area contributed by atoms with Gasteiger partial charge in [-0.3, -0.25) is 4.79 Å². The van der Waals surface area contributed by atoms with E-state index in [-0.39, 0.29) is 0 Å². The number of hydrogen-bond acceptors (Lipinski definition) is 2. The van der Waals surface area contributed by atoms with E-state index in [2.05, 4.69) is 6.07 Å². The second-order valence-corrected chi connectivity index (χ2v) is 3.91. The molecule has 0 bridgehead atoms. The summed E-state index contributed by atoms with van der Waals surface area (Å²) < 4.78 is 5.15. The first-order valence-corrected chi connectivity index (χ1v) is 5.14. The molecule has 3 nitrogen and oxygen atoms in total. The Morgan fingerprint density at radius 2 is 2.33 bits per heavy atom. The van der Waals surface area contributed by atoms with Crippen LogP contribution in [0.2, 0.25) is 0 Å². The van der Waals surface area contributed by atoms with Crippen molar-refractivity contribution in [1.29, 1.82) is 0 Å². The van der Waals surface area contributed by atoms with Gasteiger partial charge in [0, 0.05) is 25.3 Å². The van der Waals surface area contributed by atoms with Gasteiger partial charge in [0.05, 0.1) is 6.61 Å². The lowest BCUT2D eigenvalue weighted by Crippen LogP contribution is -2.36. The van der Waals surface area contributed by atoms with E-state index in [1.165, 1.54) is 5.56 Å². The summed E-state index contributed by atoms with van der Waals surface area (Å²) in [6.07, 6.45) is 1.90. The van der Waals surface area contributed by atoms with E-state index in [4.69, 9.17) is 4.74 Å². The minimum atomic E-state index is 0.412. The minimum Gasteiger partial charge on any atom is -0.384 e. The summed E-state index contributed by atoms with van der Waals surface area (Å²) >= 11 is 0. The average Bonchev–Trinajstić information content (AvgIpc) is 2.28. The number of fused-ring (bicyclic) bond motifs is 1. The molecule has 80 valence electrons. The predicted octanol–water partition coefficient (Wildman–Crippen LogP) is 1.47. The lowest BCUT2D eigenvalue weighted by atomic mass is 9.93. The van der Waals surface area contributed by atoms with Crippen LogP contribution in [0, 0.1) is 5.92 Å². The van der Waals surface area contributed by atoms with Crippen molar-refractivity contribution < 1.29 is 9.53 Å². The van der Waals surface area contributed by atoms with Crippen LogP contribution >= 0.6 is 0 Å². The zero-order chi connectivity index (χ0) is 10.7. The van der Waals surface area contributed by atoms with Crippen LogP contribution in [0.3, 0.4) is 0 Å². The minimum absolute atomic E-state index is 0.412. The van der Waals surface area contributed by atoms with E-state index < -0.39 is 0 Å². The van der Waals surface area contributed by atoms with Crippen LogP contribution in [0.5, 0.6) is 0 Å².